The van der Waals surface area contributed by atoms with Crippen molar-refractivity contribution in [2.75, 3.05) is 18.0 Å². The molecule has 8 heteroatoms. The highest BCUT2D eigenvalue weighted by Crippen LogP contribution is 2.23. The number of nitrogens with zero attached hydrogens (tertiary/aromatic N) is 5. The average Bonchev–Trinajstić information content (AvgIpc) is 3.16. The van der Waals surface area contributed by atoms with Gasteiger partial charge in [-0.15, -0.1) is 0 Å². The second kappa shape index (κ2) is 7.92. The lowest BCUT2D eigenvalue weighted by Gasteiger charge is -2.30. The standard InChI is InChI=1S/C20H22FN5O2/c1-13-6-8-26(9-7-13)20-22-14(2)10-17(24-20)27-12-18-23-19(25-28-18)15-4-3-5-16(21)11-15/h3-5,10-11,13H,6-9,12H2,1-2H3. The maximum absolute atomic E-state index is 13.4. The Morgan fingerprint density at radius 1 is 1.18 bits per heavy atom. The largest absolute Gasteiger partial charge is 0.467 e. The van der Waals surface area contributed by atoms with Crippen molar-refractivity contribution in [1.82, 2.24) is 20.1 Å². The SMILES string of the molecule is Cc1cc(OCc2nc(-c3cccc(F)c3)no2)nc(N2CCC(C)CC2)n1. The Morgan fingerprint density at radius 3 is 2.79 bits per heavy atom. The summed E-state index contributed by atoms with van der Waals surface area (Å²) < 4.78 is 24.3. The molecule has 0 radical (unpaired) electrons. The number of halogens is 1. The van der Waals surface area contributed by atoms with Crippen molar-refractivity contribution >= 4 is 5.95 Å². The summed E-state index contributed by atoms with van der Waals surface area (Å²) in [5, 5.41) is 3.88. The number of rotatable bonds is 5. The summed E-state index contributed by atoms with van der Waals surface area (Å²) in [7, 11) is 0. The van der Waals surface area contributed by atoms with Crippen molar-refractivity contribution in [3.05, 3.63) is 47.7 Å². The van der Waals surface area contributed by atoms with Gasteiger partial charge in [-0.3, -0.25) is 0 Å². The molecule has 0 bridgehead atoms. The molecule has 0 aliphatic carbocycles. The van der Waals surface area contributed by atoms with Crippen LogP contribution in [0.4, 0.5) is 10.3 Å². The lowest BCUT2D eigenvalue weighted by molar-refractivity contribution is 0.235. The molecule has 7 nitrogen and oxygen atoms in total. The van der Waals surface area contributed by atoms with Gasteiger partial charge in [-0.2, -0.15) is 9.97 Å². The molecule has 146 valence electrons. The van der Waals surface area contributed by atoms with E-state index >= 15 is 0 Å². The van der Waals surface area contributed by atoms with E-state index in [1.165, 1.54) is 12.1 Å². The molecule has 1 fully saturated rings. The molecule has 1 aromatic carbocycles. The van der Waals surface area contributed by atoms with Gasteiger partial charge < -0.3 is 14.2 Å². The van der Waals surface area contributed by atoms with Crippen LogP contribution in [0, 0.1) is 18.7 Å². The van der Waals surface area contributed by atoms with Gasteiger partial charge in [0.25, 0.3) is 5.89 Å². The molecule has 0 amide bonds. The maximum atomic E-state index is 13.4. The van der Waals surface area contributed by atoms with Crippen LogP contribution in [0.5, 0.6) is 5.88 Å². The predicted molar refractivity (Wildman–Crippen MR) is 101 cm³/mol. The highest BCUT2D eigenvalue weighted by molar-refractivity contribution is 5.53. The van der Waals surface area contributed by atoms with Crippen molar-refractivity contribution in [3.63, 3.8) is 0 Å². The van der Waals surface area contributed by atoms with Crippen LogP contribution in [0.2, 0.25) is 0 Å². The number of aryl methyl sites for hydroxylation is 1. The van der Waals surface area contributed by atoms with Gasteiger partial charge in [0.05, 0.1) is 0 Å². The third-order valence-electron chi connectivity index (χ3n) is 4.78. The van der Waals surface area contributed by atoms with E-state index in [0.29, 0.717) is 29.1 Å². The van der Waals surface area contributed by atoms with Crippen molar-refractivity contribution in [2.24, 2.45) is 5.92 Å². The summed E-state index contributed by atoms with van der Waals surface area (Å²) in [5.41, 5.74) is 1.39. The van der Waals surface area contributed by atoms with Crippen LogP contribution in [0.15, 0.2) is 34.9 Å². The number of hydrogen-bond acceptors (Lipinski definition) is 7. The fourth-order valence-electron chi connectivity index (χ4n) is 3.14. The van der Waals surface area contributed by atoms with Gasteiger partial charge >= 0.3 is 0 Å². The van der Waals surface area contributed by atoms with Crippen molar-refractivity contribution in [2.45, 2.75) is 33.3 Å². The van der Waals surface area contributed by atoms with Gasteiger partial charge in [0.1, 0.15) is 5.82 Å². The Hall–Kier alpha value is -3.03. The summed E-state index contributed by atoms with van der Waals surface area (Å²) in [6, 6.07) is 7.82. The van der Waals surface area contributed by atoms with Crippen LogP contribution >= 0.6 is 0 Å². The first-order valence-corrected chi connectivity index (χ1v) is 9.39. The lowest BCUT2D eigenvalue weighted by Crippen LogP contribution is -2.34. The lowest BCUT2D eigenvalue weighted by atomic mass is 10.00. The fourth-order valence-corrected chi connectivity index (χ4v) is 3.14. The number of hydrogen-bond donors (Lipinski definition) is 0. The third kappa shape index (κ3) is 4.27. The zero-order chi connectivity index (χ0) is 19.5. The molecule has 1 aliphatic heterocycles. The monoisotopic (exact) mass is 383 g/mol. The second-order valence-electron chi connectivity index (χ2n) is 7.13. The summed E-state index contributed by atoms with van der Waals surface area (Å²) in [6.07, 6.45) is 2.27. The first-order chi connectivity index (χ1) is 13.6. The van der Waals surface area contributed by atoms with Gasteiger partial charge in [0, 0.05) is 30.4 Å². The summed E-state index contributed by atoms with van der Waals surface area (Å²) in [4.78, 5) is 15.5. The molecule has 1 saturated heterocycles. The molecule has 0 atom stereocenters. The summed E-state index contributed by atoms with van der Waals surface area (Å²) in [6.45, 7) is 6.16. The van der Waals surface area contributed by atoms with Crippen LogP contribution < -0.4 is 9.64 Å². The summed E-state index contributed by atoms with van der Waals surface area (Å²) >= 11 is 0. The Morgan fingerprint density at radius 2 is 2.00 bits per heavy atom. The smallest absolute Gasteiger partial charge is 0.264 e. The van der Waals surface area contributed by atoms with E-state index < -0.39 is 0 Å². The fraction of sp³-hybridized carbons (Fsp3) is 0.400. The molecule has 2 aromatic heterocycles. The van der Waals surface area contributed by atoms with E-state index in [1.807, 2.05) is 6.92 Å². The molecule has 0 saturated carbocycles. The van der Waals surface area contributed by atoms with Crippen LogP contribution in [0.25, 0.3) is 11.4 Å². The molecule has 1 aliphatic rings. The number of piperidine rings is 1. The van der Waals surface area contributed by atoms with E-state index in [-0.39, 0.29) is 12.4 Å². The molecule has 28 heavy (non-hydrogen) atoms. The molecular weight excluding hydrogens is 361 g/mol. The molecule has 3 aromatic rings. The first-order valence-electron chi connectivity index (χ1n) is 9.39. The first kappa shape index (κ1) is 18.3. The van der Waals surface area contributed by atoms with Gasteiger partial charge in [0.15, 0.2) is 6.61 Å². The zero-order valence-electron chi connectivity index (χ0n) is 15.9. The highest BCUT2D eigenvalue weighted by atomic mass is 19.1. The van der Waals surface area contributed by atoms with Crippen molar-refractivity contribution < 1.29 is 13.7 Å². The van der Waals surface area contributed by atoms with Crippen LogP contribution in [-0.2, 0) is 6.61 Å². The number of anilines is 1. The Labute approximate surface area is 162 Å². The molecule has 0 N–H and O–H groups in total. The molecule has 0 spiro atoms. The minimum absolute atomic E-state index is 0.0786. The molecule has 4 rings (SSSR count). The van der Waals surface area contributed by atoms with Crippen molar-refractivity contribution in [3.8, 4) is 17.3 Å². The average molecular weight is 383 g/mol. The highest BCUT2D eigenvalue weighted by Gasteiger charge is 2.19. The Bertz CT molecular complexity index is 953. The quantitative estimate of drug-likeness (QED) is 0.663. The van der Waals surface area contributed by atoms with Crippen LogP contribution in [-0.4, -0.2) is 33.2 Å². The topological polar surface area (TPSA) is 77.2 Å². The van der Waals surface area contributed by atoms with Crippen molar-refractivity contribution in [1.29, 1.82) is 0 Å². The van der Waals surface area contributed by atoms with Crippen LogP contribution in [0.3, 0.4) is 0 Å². The molecule has 3 heterocycles. The van der Waals surface area contributed by atoms with Crippen LogP contribution in [0.1, 0.15) is 31.4 Å². The molecule has 0 unspecified atom stereocenters. The van der Waals surface area contributed by atoms with E-state index in [1.54, 1.807) is 18.2 Å². The zero-order valence-corrected chi connectivity index (χ0v) is 15.9. The van der Waals surface area contributed by atoms with Gasteiger partial charge in [0.2, 0.25) is 17.7 Å². The summed E-state index contributed by atoms with van der Waals surface area (Å²) in [5.74, 6) is 2.15. The van der Waals surface area contributed by atoms with E-state index in [2.05, 4.69) is 31.9 Å². The third-order valence-corrected chi connectivity index (χ3v) is 4.78. The maximum Gasteiger partial charge on any atom is 0.264 e. The minimum Gasteiger partial charge on any atom is -0.467 e. The van der Waals surface area contributed by atoms with Gasteiger partial charge in [-0.1, -0.05) is 24.2 Å². The van der Waals surface area contributed by atoms with Gasteiger partial charge in [-0.05, 0) is 37.8 Å². The second-order valence-corrected chi connectivity index (χ2v) is 7.13. The number of aromatic nitrogens is 4. The minimum atomic E-state index is -0.351. The van der Waals surface area contributed by atoms with E-state index in [0.717, 1.165) is 37.5 Å². The Kier molecular flexibility index (Phi) is 5.18. The normalized spacial score (nSPS) is 15.0. The van der Waals surface area contributed by atoms with E-state index in [4.69, 9.17) is 9.26 Å². The predicted octanol–water partition coefficient (Wildman–Crippen LogP) is 3.79. The molecular formula is C20H22FN5O2. The van der Waals surface area contributed by atoms with E-state index in [9.17, 15) is 4.39 Å². The number of benzene rings is 1. The van der Waals surface area contributed by atoms with Gasteiger partial charge in [-0.25, -0.2) is 9.37 Å². The Balaban J connectivity index is 1.44. The number of ether oxygens (including phenoxy) is 1.